The summed E-state index contributed by atoms with van der Waals surface area (Å²) in [7, 11) is 0. The minimum absolute atomic E-state index is 0.178. The van der Waals surface area contributed by atoms with Crippen molar-refractivity contribution < 1.29 is 9.18 Å². The Morgan fingerprint density at radius 1 is 1.04 bits per heavy atom. The number of benzene rings is 1. The van der Waals surface area contributed by atoms with Crippen molar-refractivity contribution in [1.82, 2.24) is 10.0 Å². The molecule has 3 nitrogen and oxygen atoms in total. The first-order valence-corrected chi connectivity index (χ1v) is 9.79. The van der Waals surface area contributed by atoms with E-state index in [1.54, 1.807) is 6.07 Å². The van der Waals surface area contributed by atoms with Crippen LogP contribution in [0.3, 0.4) is 0 Å². The quantitative estimate of drug-likeness (QED) is 0.829. The number of hydrogen-bond donors (Lipinski definition) is 0. The van der Waals surface area contributed by atoms with Gasteiger partial charge >= 0.3 is 0 Å². The first kappa shape index (κ1) is 15.8. The van der Waals surface area contributed by atoms with Crippen LogP contribution in [-0.4, -0.2) is 27.5 Å². The number of amides is 1. The van der Waals surface area contributed by atoms with Gasteiger partial charge in [0, 0.05) is 12.1 Å². The molecule has 4 bridgehead atoms. The Bertz CT molecular complexity index is 688. The van der Waals surface area contributed by atoms with E-state index in [9.17, 15) is 9.18 Å². The van der Waals surface area contributed by atoms with Crippen LogP contribution in [0, 0.1) is 29.5 Å². The molecule has 0 spiro atoms. The van der Waals surface area contributed by atoms with Crippen molar-refractivity contribution in [3.05, 3.63) is 35.6 Å². The molecular formula is C21H27FN2O. The molecule has 1 amide bonds. The van der Waals surface area contributed by atoms with Gasteiger partial charge in [0.1, 0.15) is 11.4 Å². The highest BCUT2D eigenvalue weighted by molar-refractivity contribution is 5.90. The number of nitrogens with zero attached hydrogens (tertiary/aromatic N) is 2. The van der Waals surface area contributed by atoms with E-state index in [1.165, 1.54) is 38.2 Å². The molecule has 1 saturated heterocycles. The van der Waals surface area contributed by atoms with E-state index in [0.717, 1.165) is 11.8 Å². The highest BCUT2D eigenvalue weighted by Gasteiger charge is 2.60. The van der Waals surface area contributed by atoms with E-state index < -0.39 is 5.54 Å². The molecule has 6 rings (SSSR count). The second-order valence-electron chi connectivity index (χ2n) is 9.28. The largest absolute Gasteiger partial charge is 0.271 e. The van der Waals surface area contributed by atoms with E-state index in [2.05, 4.69) is 5.01 Å². The maximum atomic E-state index is 14.2. The predicted molar refractivity (Wildman–Crippen MR) is 93.7 cm³/mol. The average molecular weight is 342 g/mol. The van der Waals surface area contributed by atoms with Gasteiger partial charge in [-0.25, -0.2) is 4.39 Å². The number of carbonyl (C=O) groups excluding carboxylic acids is 1. The summed E-state index contributed by atoms with van der Waals surface area (Å²) < 4.78 is 14.2. The van der Waals surface area contributed by atoms with Crippen LogP contribution in [0.25, 0.3) is 0 Å². The van der Waals surface area contributed by atoms with Gasteiger partial charge in [0.15, 0.2) is 0 Å². The Morgan fingerprint density at radius 2 is 1.64 bits per heavy atom. The van der Waals surface area contributed by atoms with Gasteiger partial charge < -0.3 is 0 Å². The number of hydrazine groups is 1. The molecule has 1 aromatic carbocycles. The highest BCUT2D eigenvalue weighted by atomic mass is 19.1. The van der Waals surface area contributed by atoms with Crippen LogP contribution in [0.15, 0.2) is 24.3 Å². The number of rotatable bonds is 3. The van der Waals surface area contributed by atoms with Gasteiger partial charge in [-0.05, 0) is 75.7 Å². The van der Waals surface area contributed by atoms with Crippen LogP contribution in [0.2, 0.25) is 0 Å². The van der Waals surface area contributed by atoms with Crippen LogP contribution in [0.5, 0.6) is 0 Å². The van der Waals surface area contributed by atoms with E-state index in [-0.39, 0.29) is 11.7 Å². The van der Waals surface area contributed by atoms with Crippen LogP contribution >= 0.6 is 0 Å². The van der Waals surface area contributed by atoms with Gasteiger partial charge in [-0.2, -0.15) is 5.01 Å². The summed E-state index contributed by atoms with van der Waals surface area (Å²) in [5, 5.41) is 4.18. The molecule has 4 aliphatic carbocycles. The second-order valence-corrected chi connectivity index (χ2v) is 9.28. The molecule has 0 atom stereocenters. The Labute approximate surface area is 149 Å². The third-order valence-corrected chi connectivity index (χ3v) is 7.37. The Balaban J connectivity index is 1.44. The molecule has 0 unspecified atom stereocenters. The first-order valence-electron chi connectivity index (χ1n) is 9.79. The number of carbonyl (C=O) groups is 1. The summed E-state index contributed by atoms with van der Waals surface area (Å²) in [6.07, 6.45) is 6.56. The predicted octanol–water partition coefficient (Wildman–Crippen LogP) is 3.99. The molecule has 5 fully saturated rings. The molecular weight excluding hydrogens is 315 g/mol. The van der Waals surface area contributed by atoms with Crippen molar-refractivity contribution >= 4 is 5.91 Å². The zero-order valence-electron chi connectivity index (χ0n) is 15.1. The molecule has 5 aliphatic rings. The lowest BCUT2D eigenvalue weighted by molar-refractivity contribution is -0.251. The van der Waals surface area contributed by atoms with Crippen LogP contribution in [-0.2, 0) is 11.3 Å². The van der Waals surface area contributed by atoms with Crippen LogP contribution in [0.1, 0.15) is 51.5 Å². The molecule has 0 radical (unpaired) electrons. The van der Waals surface area contributed by atoms with Gasteiger partial charge in [0.25, 0.3) is 5.91 Å². The Morgan fingerprint density at radius 3 is 2.24 bits per heavy atom. The molecule has 4 heteroatoms. The van der Waals surface area contributed by atoms with Crippen molar-refractivity contribution in [2.45, 2.75) is 64.1 Å². The number of halogens is 1. The molecule has 134 valence electrons. The molecule has 1 heterocycles. The van der Waals surface area contributed by atoms with Gasteiger partial charge in [-0.1, -0.05) is 18.2 Å². The summed E-state index contributed by atoms with van der Waals surface area (Å²) in [5.41, 5.74) is 0.147. The van der Waals surface area contributed by atoms with Gasteiger partial charge in [0.2, 0.25) is 0 Å². The van der Waals surface area contributed by atoms with E-state index in [1.807, 2.05) is 31.0 Å². The van der Waals surface area contributed by atoms with Crippen molar-refractivity contribution in [2.75, 3.05) is 0 Å². The van der Waals surface area contributed by atoms with Crippen molar-refractivity contribution in [3.63, 3.8) is 0 Å². The zero-order valence-corrected chi connectivity index (χ0v) is 15.1. The molecule has 1 aliphatic heterocycles. The summed E-state index contributed by atoms with van der Waals surface area (Å²) >= 11 is 0. The standard InChI is InChI=1S/C21H27FN2O/c1-21(2)20(25)24(23(21)12-15-5-3-4-6-18(15)22)19-16-8-13-7-14(10-16)11-17(19)9-13/h3-6,13-14,16-17,19H,7-12H2,1-2H3. The highest BCUT2D eigenvalue weighted by Crippen LogP contribution is 2.57. The van der Waals surface area contributed by atoms with E-state index in [4.69, 9.17) is 0 Å². The lowest BCUT2D eigenvalue weighted by Crippen LogP contribution is -2.79. The van der Waals surface area contributed by atoms with Crippen molar-refractivity contribution in [2.24, 2.45) is 23.7 Å². The fourth-order valence-corrected chi connectivity index (χ4v) is 6.38. The van der Waals surface area contributed by atoms with Crippen LogP contribution in [0.4, 0.5) is 4.39 Å². The zero-order chi connectivity index (χ0) is 17.3. The summed E-state index contributed by atoms with van der Waals surface area (Å²) in [6, 6.07) is 7.29. The Hall–Kier alpha value is -1.42. The maximum Gasteiger partial charge on any atom is 0.258 e. The molecule has 25 heavy (non-hydrogen) atoms. The van der Waals surface area contributed by atoms with E-state index in [0.29, 0.717) is 30.0 Å². The van der Waals surface area contributed by atoms with Gasteiger partial charge in [-0.15, -0.1) is 0 Å². The minimum atomic E-state index is -0.531. The summed E-state index contributed by atoms with van der Waals surface area (Å²) in [4.78, 5) is 13.0. The molecule has 0 N–H and O–H groups in total. The lowest BCUT2D eigenvalue weighted by atomic mass is 9.53. The maximum absolute atomic E-state index is 14.2. The first-order chi connectivity index (χ1) is 11.9. The minimum Gasteiger partial charge on any atom is -0.271 e. The third-order valence-electron chi connectivity index (χ3n) is 7.37. The van der Waals surface area contributed by atoms with Gasteiger partial charge in [-0.3, -0.25) is 9.80 Å². The van der Waals surface area contributed by atoms with Crippen molar-refractivity contribution in [1.29, 1.82) is 0 Å². The lowest BCUT2D eigenvalue weighted by Gasteiger charge is -2.65. The van der Waals surface area contributed by atoms with Crippen molar-refractivity contribution in [3.8, 4) is 0 Å². The van der Waals surface area contributed by atoms with E-state index >= 15 is 0 Å². The topological polar surface area (TPSA) is 23.6 Å². The monoisotopic (exact) mass is 342 g/mol. The number of hydrogen-bond acceptors (Lipinski definition) is 2. The SMILES string of the molecule is CC1(C)C(=O)N(C2C3CC4CC(C3)CC2C4)N1Cc1ccccc1F. The smallest absolute Gasteiger partial charge is 0.258 e. The third kappa shape index (κ3) is 2.22. The van der Waals surface area contributed by atoms with Gasteiger partial charge in [0.05, 0.1) is 6.04 Å². The second kappa shape index (κ2) is 5.29. The summed E-state index contributed by atoms with van der Waals surface area (Å²) in [6.45, 7) is 4.43. The fourth-order valence-electron chi connectivity index (χ4n) is 6.38. The average Bonchev–Trinajstić information content (AvgIpc) is 2.57. The molecule has 0 aromatic heterocycles. The fraction of sp³-hybridized carbons (Fsp3) is 0.667. The summed E-state index contributed by atoms with van der Waals surface area (Å²) in [5.74, 6) is 3.13. The van der Waals surface area contributed by atoms with Crippen LogP contribution < -0.4 is 0 Å². The molecule has 1 aromatic rings. The molecule has 4 saturated carbocycles. The Kier molecular flexibility index (Phi) is 3.35. The normalized spacial score (nSPS) is 38.9.